The van der Waals surface area contributed by atoms with Crippen LogP contribution in [0.25, 0.3) is 0 Å². The van der Waals surface area contributed by atoms with Crippen LogP contribution < -0.4 is 0 Å². The van der Waals surface area contributed by atoms with Gasteiger partial charge in [-0.3, -0.25) is 4.98 Å². The van der Waals surface area contributed by atoms with Crippen LogP contribution >= 0.6 is 0 Å². The third-order valence-electron chi connectivity index (χ3n) is 2.64. The zero-order valence-electron chi connectivity index (χ0n) is 13.9. The van der Waals surface area contributed by atoms with Crippen molar-refractivity contribution in [3.05, 3.63) is 30.1 Å². The molecule has 0 aromatic carbocycles. The monoisotopic (exact) mass is 343 g/mol. The molecule has 0 aliphatic rings. The molecule has 0 atom stereocenters. The van der Waals surface area contributed by atoms with E-state index in [-0.39, 0.29) is 12.6 Å². The van der Waals surface area contributed by atoms with Gasteiger partial charge in [0.1, 0.15) is 6.61 Å². The normalized spacial score (nSPS) is 12.2. The second-order valence-corrected chi connectivity index (χ2v) is 12.6. The number of aromatic nitrogens is 1. The summed E-state index contributed by atoms with van der Waals surface area (Å²) in [5.41, 5.74) is 0.999. The highest BCUT2D eigenvalue weighted by atomic mass is 28.5. The van der Waals surface area contributed by atoms with E-state index in [0.717, 1.165) is 5.56 Å². The Morgan fingerprint density at radius 3 is 2.45 bits per heavy atom. The molecule has 1 rings (SSSR count). The van der Waals surface area contributed by atoms with Crippen molar-refractivity contribution in [1.29, 1.82) is 0 Å². The van der Waals surface area contributed by atoms with Crippen molar-refractivity contribution in [3.8, 4) is 0 Å². The topological polar surface area (TPSA) is 66.9 Å². The maximum absolute atomic E-state index is 11.4. The quantitative estimate of drug-likeness (QED) is 0.507. The standard InChI is InChI=1S/C14H25NO5Si2/c1-6-17-14(16)12-19-22(4,5)20-21(2,3)18-11-13-8-7-9-15-10-13/h7-10H,6,11-12H2,1-5H3. The minimum Gasteiger partial charge on any atom is -0.464 e. The molecule has 0 amide bonds. The van der Waals surface area contributed by atoms with Crippen molar-refractivity contribution in [3.63, 3.8) is 0 Å². The summed E-state index contributed by atoms with van der Waals surface area (Å²) in [7, 11) is -4.80. The molecule has 0 fully saturated rings. The van der Waals surface area contributed by atoms with E-state index >= 15 is 0 Å². The van der Waals surface area contributed by atoms with E-state index < -0.39 is 17.1 Å². The third-order valence-corrected chi connectivity index (χ3v) is 8.26. The van der Waals surface area contributed by atoms with Gasteiger partial charge in [-0.05, 0) is 44.7 Å². The summed E-state index contributed by atoms with van der Waals surface area (Å²) in [5, 5.41) is 0. The van der Waals surface area contributed by atoms with Crippen molar-refractivity contribution in [2.75, 3.05) is 13.2 Å². The first-order valence-corrected chi connectivity index (χ1v) is 12.9. The van der Waals surface area contributed by atoms with Gasteiger partial charge in [0.25, 0.3) is 0 Å². The van der Waals surface area contributed by atoms with Gasteiger partial charge in [0.05, 0.1) is 13.2 Å². The molecule has 0 radical (unpaired) electrons. The summed E-state index contributed by atoms with van der Waals surface area (Å²) in [5.74, 6) is -0.373. The average Bonchev–Trinajstić information content (AvgIpc) is 2.44. The van der Waals surface area contributed by atoms with Gasteiger partial charge in [-0.2, -0.15) is 0 Å². The highest BCUT2D eigenvalue weighted by Gasteiger charge is 2.37. The fraction of sp³-hybridized carbons (Fsp3) is 0.571. The van der Waals surface area contributed by atoms with Crippen LogP contribution in [0.2, 0.25) is 26.2 Å². The minimum absolute atomic E-state index is 0.0832. The van der Waals surface area contributed by atoms with Gasteiger partial charge < -0.3 is 17.7 Å². The second kappa shape index (κ2) is 8.54. The van der Waals surface area contributed by atoms with Crippen LogP contribution in [0.5, 0.6) is 0 Å². The fourth-order valence-corrected chi connectivity index (χ4v) is 8.01. The van der Waals surface area contributed by atoms with E-state index in [1.807, 2.05) is 38.3 Å². The lowest BCUT2D eigenvalue weighted by atomic mass is 10.3. The van der Waals surface area contributed by atoms with Gasteiger partial charge in [-0.1, -0.05) is 6.07 Å². The molecule has 1 heterocycles. The van der Waals surface area contributed by atoms with Gasteiger partial charge >= 0.3 is 23.1 Å². The zero-order valence-corrected chi connectivity index (χ0v) is 15.9. The van der Waals surface area contributed by atoms with E-state index in [4.69, 9.17) is 17.7 Å². The maximum Gasteiger partial charge on any atom is 0.330 e. The summed E-state index contributed by atoms with van der Waals surface area (Å²) < 4.78 is 22.5. The van der Waals surface area contributed by atoms with Crippen LogP contribution in [-0.4, -0.2) is 41.3 Å². The van der Waals surface area contributed by atoms with E-state index in [9.17, 15) is 4.79 Å². The van der Waals surface area contributed by atoms with Crippen LogP contribution in [0.15, 0.2) is 24.5 Å². The van der Waals surface area contributed by atoms with Crippen LogP contribution in [-0.2, 0) is 29.1 Å². The molecule has 6 nitrogen and oxygen atoms in total. The lowest BCUT2D eigenvalue weighted by molar-refractivity contribution is -0.146. The SMILES string of the molecule is CCOC(=O)CO[Si](C)(C)O[Si](C)(C)OCc1cccnc1. The smallest absolute Gasteiger partial charge is 0.330 e. The number of carbonyl (C=O) groups excluding carboxylic acids is 1. The molecule has 1 aromatic rings. The Hall–Kier alpha value is -1.07. The molecule has 8 heteroatoms. The molecule has 124 valence electrons. The molecule has 0 unspecified atom stereocenters. The van der Waals surface area contributed by atoms with Gasteiger partial charge in [-0.15, -0.1) is 0 Å². The lowest BCUT2D eigenvalue weighted by Crippen LogP contribution is -2.49. The van der Waals surface area contributed by atoms with Gasteiger partial charge in [-0.25, -0.2) is 4.79 Å². The predicted octanol–water partition coefficient (Wildman–Crippen LogP) is 2.60. The molecule has 0 bridgehead atoms. The maximum atomic E-state index is 11.4. The number of nitrogens with zero attached hydrogens (tertiary/aromatic N) is 1. The van der Waals surface area contributed by atoms with E-state index in [2.05, 4.69) is 4.98 Å². The summed E-state index contributed by atoms with van der Waals surface area (Å²) in [6.07, 6.45) is 3.49. The summed E-state index contributed by atoms with van der Waals surface area (Å²) >= 11 is 0. The Morgan fingerprint density at radius 1 is 1.18 bits per heavy atom. The van der Waals surface area contributed by atoms with Crippen molar-refractivity contribution < 1.29 is 22.5 Å². The predicted molar refractivity (Wildman–Crippen MR) is 87.7 cm³/mol. The number of hydrogen-bond donors (Lipinski definition) is 0. The first kappa shape index (κ1) is 19.0. The minimum atomic E-state index is -2.45. The number of rotatable bonds is 9. The molecule has 0 saturated heterocycles. The van der Waals surface area contributed by atoms with Crippen molar-refractivity contribution >= 4 is 23.1 Å². The Bertz CT molecular complexity index is 468. The highest BCUT2D eigenvalue weighted by Crippen LogP contribution is 2.18. The molecule has 1 aromatic heterocycles. The van der Waals surface area contributed by atoms with Crippen molar-refractivity contribution in [2.24, 2.45) is 0 Å². The summed E-state index contributed by atoms with van der Waals surface area (Å²) in [6, 6.07) is 3.83. The molecule has 0 N–H and O–H groups in total. The lowest BCUT2D eigenvalue weighted by Gasteiger charge is -2.32. The third kappa shape index (κ3) is 7.80. The Kier molecular flexibility index (Phi) is 7.36. The van der Waals surface area contributed by atoms with Crippen molar-refractivity contribution in [1.82, 2.24) is 4.98 Å². The molecular weight excluding hydrogens is 318 g/mol. The zero-order chi connectivity index (χ0) is 16.6. The molecule has 22 heavy (non-hydrogen) atoms. The van der Waals surface area contributed by atoms with Gasteiger partial charge in [0.2, 0.25) is 0 Å². The Balaban J connectivity index is 2.45. The van der Waals surface area contributed by atoms with E-state index in [1.165, 1.54) is 0 Å². The number of hydrogen-bond acceptors (Lipinski definition) is 6. The average molecular weight is 344 g/mol. The van der Waals surface area contributed by atoms with Crippen LogP contribution in [0, 0.1) is 0 Å². The highest BCUT2D eigenvalue weighted by molar-refractivity contribution is 6.78. The van der Waals surface area contributed by atoms with Crippen LogP contribution in [0.3, 0.4) is 0 Å². The number of pyridine rings is 1. The summed E-state index contributed by atoms with van der Waals surface area (Å²) in [6.45, 7) is 10.2. The number of esters is 1. The number of carbonyl (C=O) groups is 1. The summed E-state index contributed by atoms with van der Waals surface area (Å²) in [4.78, 5) is 15.4. The molecule has 0 spiro atoms. The van der Waals surface area contributed by atoms with E-state index in [1.54, 1.807) is 19.3 Å². The Labute approximate surface area is 134 Å². The molecule has 0 saturated carbocycles. The largest absolute Gasteiger partial charge is 0.464 e. The molecule has 0 aliphatic carbocycles. The van der Waals surface area contributed by atoms with Gasteiger partial charge in [0, 0.05) is 12.4 Å². The van der Waals surface area contributed by atoms with Gasteiger partial charge in [0.15, 0.2) is 0 Å². The second-order valence-electron chi connectivity index (χ2n) is 5.65. The van der Waals surface area contributed by atoms with E-state index in [0.29, 0.717) is 13.2 Å². The van der Waals surface area contributed by atoms with Crippen LogP contribution in [0.4, 0.5) is 0 Å². The Morgan fingerprint density at radius 2 is 1.86 bits per heavy atom. The first-order valence-electron chi connectivity index (χ1n) is 7.27. The molecule has 0 aliphatic heterocycles. The van der Waals surface area contributed by atoms with Crippen LogP contribution in [0.1, 0.15) is 12.5 Å². The number of ether oxygens (including phenoxy) is 1. The van der Waals surface area contributed by atoms with Crippen molar-refractivity contribution in [2.45, 2.75) is 39.7 Å². The molecular formula is C14H25NO5Si2. The fourth-order valence-electron chi connectivity index (χ4n) is 1.83. The first-order chi connectivity index (χ1) is 10.2.